The van der Waals surface area contributed by atoms with Crippen molar-refractivity contribution in [1.82, 2.24) is 10.2 Å². The number of hydrogen-bond acceptors (Lipinski definition) is 5. The Balaban J connectivity index is 1.90. The third kappa shape index (κ3) is 5.17. The number of rotatable bonds is 5. The van der Waals surface area contributed by atoms with E-state index in [9.17, 15) is 28.3 Å². The lowest BCUT2D eigenvalue weighted by Gasteiger charge is -2.31. The summed E-state index contributed by atoms with van der Waals surface area (Å²) in [6.07, 6.45) is -0.810. The fourth-order valence-corrected chi connectivity index (χ4v) is 3.81. The van der Waals surface area contributed by atoms with E-state index < -0.39 is 47.5 Å². The molecule has 1 aliphatic rings. The van der Waals surface area contributed by atoms with Crippen LogP contribution in [0.5, 0.6) is 0 Å². The van der Waals surface area contributed by atoms with Gasteiger partial charge in [0.1, 0.15) is 17.7 Å². The molecule has 1 saturated heterocycles. The normalized spacial score (nSPS) is 20.6. The van der Waals surface area contributed by atoms with E-state index in [-0.39, 0.29) is 18.0 Å². The van der Waals surface area contributed by atoms with E-state index in [1.54, 1.807) is 0 Å². The molecule has 3 amide bonds. The number of nitrogens with one attached hydrogen (secondary N) is 1. The Hall–Kier alpha value is -3.17. The van der Waals surface area contributed by atoms with Gasteiger partial charge >= 0.3 is 0 Å². The van der Waals surface area contributed by atoms with E-state index in [0.29, 0.717) is 23.8 Å². The minimum absolute atomic E-state index is 0.156. The van der Waals surface area contributed by atoms with E-state index in [1.165, 1.54) is 6.92 Å². The van der Waals surface area contributed by atoms with Gasteiger partial charge in [-0.3, -0.25) is 19.3 Å². The largest absolute Gasteiger partial charge is 0.378 e. The Morgan fingerprint density at radius 1 is 1.09 bits per heavy atom. The van der Waals surface area contributed by atoms with Gasteiger partial charge in [0.25, 0.3) is 5.91 Å². The first-order valence-corrected chi connectivity index (χ1v) is 10.3. The van der Waals surface area contributed by atoms with Crippen LogP contribution in [0, 0.1) is 11.6 Å². The van der Waals surface area contributed by atoms with Gasteiger partial charge in [-0.1, -0.05) is 30.3 Å². The van der Waals surface area contributed by atoms with E-state index in [0.717, 1.165) is 17.7 Å². The summed E-state index contributed by atoms with van der Waals surface area (Å²) < 4.78 is 27.2. The van der Waals surface area contributed by atoms with Gasteiger partial charge in [-0.25, -0.2) is 8.78 Å². The quantitative estimate of drug-likeness (QED) is 0.653. The first-order chi connectivity index (χ1) is 15.2. The minimum atomic E-state index is -2.05. The number of nitrogens with zero attached hydrogens (tertiary/aromatic N) is 1. The van der Waals surface area contributed by atoms with Crippen LogP contribution in [0.15, 0.2) is 48.5 Å². The number of carbonyl (C=O) groups excluding carboxylic acids is 3. The average molecular weight is 445 g/mol. The molecule has 1 heterocycles. The van der Waals surface area contributed by atoms with E-state index in [4.69, 9.17) is 5.73 Å². The van der Waals surface area contributed by atoms with Crippen LogP contribution in [0.1, 0.15) is 49.5 Å². The Morgan fingerprint density at radius 3 is 2.31 bits per heavy atom. The highest BCUT2D eigenvalue weighted by Gasteiger charge is 2.40. The standard InChI is InChI=1S/C23H25F2N3O4/c1-13(26)22(31)28(23(32)20(29)15-10-16(24)12-17(25)11-15)19-9-5-8-18(27-21(19)30)14-6-3-2-4-7-14/h2-4,6-7,10-13,18-20,29H,5,8-9,26H2,1H3,(H,27,30)/t13-,18-,19-,20+/m0/s1. The molecule has 2 aromatic carbocycles. The second-order valence-electron chi connectivity index (χ2n) is 7.86. The summed E-state index contributed by atoms with van der Waals surface area (Å²) in [4.78, 5) is 39.6. The van der Waals surface area contributed by atoms with Crippen molar-refractivity contribution < 1.29 is 28.3 Å². The molecule has 0 spiro atoms. The summed E-state index contributed by atoms with van der Waals surface area (Å²) in [6, 6.07) is 8.76. The molecule has 0 aromatic heterocycles. The molecule has 170 valence electrons. The zero-order valence-electron chi connectivity index (χ0n) is 17.5. The van der Waals surface area contributed by atoms with Crippen LogP contribution in [0.4, 0.5) is 8.78 Å². The molecule has 0 aliphatic carbocycles. The second kappa shape index (κ2) is 9.97. The summed E-state index contributed by atoms with van der Waals surface area (Å²) in [5.41, 5.74) is 6.21. The van der Waals surface area contributed by atoms with Crippen LogP contribution in [-0.2, 0) is 14.4 Å². The fourth-order valence-electron chi connectivity index (χ4n) is 3.81. The number of imide groups is 1. The number of hydrogen-bond donors (Lipinski definition) is 3. The summed E-state index contributed by atoms with van der Waals surface area (Å²) in [6.45, 7) is 1.35. The molecule has 2 aromatic rings. The van der Waals surface area contributed by atoms with Crippen LogP contribution < -0.4 is 11.1 Å². The number of benzene rings is 2. The summed E-state index contributed by atoms with van der Waals surface area (Å²) in [5.74, 6) is -4.60. The molecule has 0 bridgehead atoms. The molecule has 1 aliphatic heterocycles. The lowest BCUT2D eigenvalue weighted by atomic mass is 10.0. The van der Waals surface area contributed by atoms with Crippen LogP contribution in [0.3, 0.4) is 0 Å². The van der Waals surface area contributed by atoms with E-state index in [2.05, 4.69) is 5.32 Å². The van der Waals surface area contributed by atoms with E-state index >= 15 is 0 Å². The molecule has 7 nitrogen and oxygen atoms in total. The van der Waals surface area contributed by atoms with Crippen molar-refractivity contribution in [2.24, 2.45) is 5.73 Å². The van der Waals surface area contributed by atoms with Crippen LogP contribution in [0.2, 0.25) is 0 Å². The maximum Gasteiger partial charge on any atom is 0.263 e. The third-order valence-corrected chi connectivity index (χ3v) is 5.40. The number of nitrogens with two attached hydrogens (primary N) is 1. The Kier molecular flexibility index (Phi) is 7.32. The molecule has 3 rings (SSSR count). The predicted octanol–water partition coefficient (Wildman–Crippen LogP) is 2.11. The summed E-state index contributed by atoms with van der Waals surface area (Å²) in [5, 5.41) is 13.4. The van der Waals surface area contributed by atoms with Crippen LogP contribution >= 0.6 is 0 Å². The van der Waals surface area contributed by atoms with Gasteiger partial charge in [-0.05, 0) is 49.4 Å². The lowest BCUT2D eigenvalue weighted by Crippen LogP contribution is -2.56. The van der Waals surface area contributed by atoms with Gasteiger partial charge < -0.3 is 16.2 Å². The number of carbonyl (C=O) groups is 3. The van der Waals surface area contributed by atoms with Gasteiger partial charge in [0, 0.05) is 6.07 Å². The summed E-state index contributed by atoms with van der Waals surface area (Å²) >= 11 is 0. The predicted molar refractivity (Wildman–Crippen MR) is 112 cm³/mol. The maximum atomic E-state index is 13.6. The van der Waals surface area contributed by atoms with Crippen molar-refractivity contribution in [3.63, 3.8) is 0 Å². The first kappa shape index (κ1) is 23.5. The van der Waals surface area contributed by atoms with Crippen molar-refractivity contribution in [2.75, 3.05) is 0 Å². The van der Waals surface area contributed by atoms with Gasteiger partial charge in [0.05, 0.1) is 12.1 Å². The maximum absolute atomic E-state index is 13.6. The highest BCUT2D eigenvalue weighted by molar-refractivity contribution is 6.03. The molecule has 0 radical (unpaired) electrons. The average Bonchev–Trinajstić information content (AvgIpc) is 2.95. The Bertz CT molecular complexity index is 980. The topological polar surface area (TPSA) is 113 Å². The number of halogens is 2. The van der Waals surface area contributed by atoms with Crippen molar-refractivity contribution in [3.8, 4) is 0 Å². The smallest absolute Gasteiger partial charge is 0.263 e. The van der Waals surface area contributed by atoms with Crippen molar-refractivity contribution in [2.45, 2.75) is 50.4 Å². The minimum Gasteiger partial charge on any atom is -0.378 e. The molecular formula is C23H25F2N3O4. The molecule has 32 heavy (non-hydrogen) atoms. The summed E-state index contributed by atoms with van der Waals surface area (Å²) in [7, 11) is 0. The van der Waals surface area contributed by atoms with E-state index in [1.807, 2.05) is 30.3 Å². The Labute approximate surface area is 184 Å². The Morgan fingerprint density at radius 2 is 1.72 bits per heavy atom. The second-order valence-corrected chi connectivity index (χ2v) is 7.86. The third-order valence-electron chi connectivity index (χ3n) is 5.40. The van der Waals surface area contributed by atoms with Crippen molar-refractivity contribution >= 4 is 17.7 Å². The monoisotopic (exact) mass is 445 g/mol. The molecular weight excluding hydrogens is 420 g/mol. The zero-order valence-corrected chi connectivity index (χ0v) is 17.5. The molecule has 1 fully saturated rings. The number of aliphatic hydroxyl groups excluding tert-OH is 1. The van der Waals surface area contributed by atoms with Gasteiger partial charge in [0.15, 0.2) is 6.10 Å². The van der Waals surface area contributed by atoms with Gasteiger partial charge in [-0.15, -0.1) is 0 Å². The number of amides is 3. The molecule has 0 unspecified atom stereocenters. The molecule has 4 atom stereocenters. The SMILES string of the molecule is C[C@H](N)C(=O)N(C(=O)[C@H](O)c1cc(F)cc(F)c1)[C@H]1CCC[C@@H](c2ccccc2)NC1=O. The molecule has 0 saturated carbocycles. The zero-order chi connectivity index (χ0) is 23.4. The van der Waals surface area contributed by atoms with Gasteiger partial charge in [0.2, 0.25) is 11.8 Å². The van der Waals surface area contributed by atoms with Crippen LogP contribution in [-0.4, -0.2) is 39.8 Å². The van der Waals surface area contributed by atoms with Crippen LogP contribution in [0.25, 0.3) is 0 Å². The van der Waals surface area contributed by atoms with Crippen molar-refractivity contribution in [3.05, 3.63) is 71.3 Å². The molecule has 4 N–H and O–H groups in total. The number of aliphatic hydroxyl groups is 1. The highest BCUT2D eigenvalue weighted by atomic mass is 19.1. The molecule has 9 heteroatoms. The van der Waals surface area contributed by atoms with Crippen molar-refractivity contribution in [1.29, 1.82) is 0 Å². The highest BCUT2D eigenvalue weighted by Crippen LogP contribution is 2.27. The van der Waals surface area contributed by atoms with Gasteiger partial charge in [-0.2, -0.15) is 0 Å². The fraction of sp³-hybridized carbons (Fsp3) is 0.348. The lowest BCUT2D eigenvalue weighted by molar-refractivity contribution is -0.158. The first-order valence-electron chi connectivity index (χ1n) is 10.3.